The molecule has 7 heteroatoms. The van der Waals surface area contributed by atoms with Gasteiger partial charge in [0.05, 0.1) is 20.6 Å². The predicted molar refractivity (Wildman–Crippen MR) is 79.2 cm³/mol. The molecule has 2 aromatic rings. The van der Waals surface area contributed by atoms with Crippen molar-refractivity contribution in [2.45, 2.75) is 6.61 Å². The van der Waals surface area contributed by atoms with Crippen LogP contribution in [0.15, 0.2) is 30.3 Å². The van der Waals surface area contributed by atoms with Crippen LogP contribution in [0.2, 0.25) is 15.1 Å². The van der Waals surface area contributed by atoms with E-state index < -0.39 is 17.3 Å². The van der Waals surface area contributed by atoms with Crippen molar-refractivity contribution in [3.8, 4) is 5.75 Å². The van der Waals surface area contributed by atoms with Crippen molar-refractivity contribution in [2.75, 3.05) is 0 Å². The smallest absolute Gasteiger partial charge is 0.338 e. The van der Waals surface area contributed by atoms with E-state index in [-0.39, 0.29) is 16.7 Å². The van der Waals surface area contributed by atoms with E-state index in [1.165, 1.54) is 24.3 Å². The lowest BCUT2D eigenvalue weighted by molar-refractivity contribution is 0.0691. The maximum Gasteiger partial charge on any atom is 0.338 e. The average molecular weight is 350 g/mol. The normalized spacial score (nSPS) is 10.5. The molecule has 0 heterocycles. The molecule has 2 rings (SSSR count). The van der Waals surface area contributed by atoms with Crippen molar-refractivity contribution in [3.63, 3.8) is 0 Å². The van der Waals surface area contributed by atoms with E-state index in [4.69, 9.17) is 44.6 Å². The Hall–Kier alpha value is -1.49. The number of ether oxygens (including phenoxy) is 1. The van der Waals surface area contributed by atoms with Gasteiger partial charge in [-0.15, -0.1) is 0 Å². The molecule has 0 bridgehead atoms. The molecule has 3 nitrogen and oxygen atoms in total. The van der Waals surface area contributed by atoms with Gasteiger partial charge in [-0.25, -0.2) is 9.18 Å². The zero-order valence-corrected chi connectivity index (χ0v) is 12.6. The third kappa shape index (κ3) is 3.79. The zero-order valence-electron chi connectivity index (χ0n) is 10.4. The number of aromatic carboxylic acids is 1. The van der Waals surface area contributed by atoms with Crippen LogP contribution >= 0.6 is 34.8 Å². The molecule has 0 fully saturated rings. The first-order valence-electron chi connectivity index (χ1n) is 5.67. The molecule has 110 valence electrons. The number of benzene rings is 2. The SMILES string of the molecule is O=C(O)c1cc(COc2cc(Cl)c(Cl)cc2Cl)ccc1F. The van der Waals surface area contributed by atoms with Gasteiger partial charge in [-0.2, -0.15) is 0 Å². The molecular formula is C14H8Cl3FO3. The zero-order chi connectivity index (χ0) is 15.6. The maximum atomic E-state index is 13.3. The Balaban J connectivity index is 2.19. The van der Waals surface area contributed by atoms with Gasteiger partial charge in [0.1, 0.15) is 18.2 Å². The summed E-state index contributed by atoms with van der Waals surface area (Å²) in [6, 6.07) is 6.58. The molecule has 0 saturated heterocycles. The molecule has 2 aromatic carbocycles. The van der Waals surface area contributed by atoms with Gasteiger partial charge < -0.3 is 9.84 Å². The number of rotatable bonds is 4. The predicted octanol–water partition coefficient (Wildman–Crippen LogP) is 5.06. The highest BCUT2D eigenvalue weighted by atomic mass is 35.5. The Morgan fingerprint density at radius 1 is 1.10 bits per heavy atom. The summed E-state index contributed by atoms with van der Waals surface area (Å²) in [5.41, 5.74) is 0.0623. The number of halogens is 4. The lowest BCUT2D eigenvalue weighted by Gasteiger charge is -2.10. The molecular weight excluding hydrogens is 342 g/mol. The maximum absolute atomic E-state index is 13.3. The summed E-state index contributed by atoms with van der Waals surface area (Å²) in [5, 5.41) is 9.70. The van der Waals surface area contributed by atoms with E-state index in [2.05, 4.69) is 0 Å². The molecule has 0 aliphatic rings. The lowest BCUT2D eigenvalue weighted by atomic mass is 10.1. The van der Waals surface area contributed by atoms with Crippen LogP contribution in [0.3, 0.4) is 0 Å². The fourth-order valence-corrected chi connectivity index (χ4v) is 2.19. The van der Waals surface area contributed by atoms with Gasteiger partial charge >= 0.3 is 5.97 Å². The van der Waals surface area contributed by atoms with Gasteiger partial charge in [0.15, 0.2) is 0 Å². The summed E-state index contributed by atoms with van der Waals surface area (Å²) in [7, 11) is 0. The molecule has 0 aromatic heterocycles. The standard InChI is InChI=1S/C14H8Cl3FO3/c15-9-4-11(17)13(5-10(9)16)21-6-7-1-2-12(18)8(3-7)14(19)20/h1-5H,6H2,(H,19,20). The molecule has 0 amide bonds. The van der Waals surface area contributed by atoms with Crippen LogP contribution in [-0.2, 0) is 6.61 Å². The van der Waals surface area contributed by atoms with Gasteiger partial charge in [-0.3, -0.25) is 0 Å². The van der Waals surface area contributed by atoms with E-state index in [0.717, 1.165) is 6.07 Å². The highest BCUT2D eigenvalue weighted by molar-refractivity contribution is 6.43. The minimum absolute atomic E-state index is 0.0121. The molecule has 0 atom stereocenters. The fourth-order valence-electron chi connectivity index (χ4n) is 1.60. The first-order chi connectivity index (χ1) is 9.88. The Bertz CT molecular complexity index is 704. The Morgan fingerprint density at radius 3 is 2.43 bits per heavy atom. The molecule has 0 aliphatic heterocycles. The number of carbonyl (C=O) groups is 1. The van der Waals surface area contributed by atoms with Gasteiger partial charge in [-0.05, 0) is 23.8 Å². The monoisotopic (exact) mass is 348 g/mol. The van der Waals surface area contributed by atoms with Gasteiger partial charge in [0.2, 0.25) is 0 Å². The van der Waals surface area contributed by atoms with Gasteiger partial charge in [-0.1, -0.05) is 40.9 Å². The highest BCUT2D eigenvalue weighted by Gasteiger charge is 2.12. The fraction of sp³-hybridized carbons (Fsp3) is 0.0714. The average Bonchev–Trinajstić information content (AvgIpc) is 2.42. The highest BCUT2D eigenvalue weighted by Crippen LogP contribution is 2.34. The van der Waals surface area contributed by atoms with Crippen molar-refractivity contribution in [1.29, 1.82) is 0 Å². The summed E-state index contributed by atoms with van der Waals surface area (Å²) in [4.78, 5) is 10.9. The van der Waals surface area contributed by atoms with Crippen LogP contribution < -0.4 is 4.74 Å². The second-order valence-electron chi connectivity index (χ2n) is 4.10. The van der Waals surface area contributed by atoms with E-state index >= 15 is 0 Å². The van der Waals surface area contributed by atoms with Gasteiger partial charge in [0, 0.05) is 6.07 Å². The van der Waals surface area contributed by atoms with E-state index in [1.807, 2.05) is 0 Å². The van der Waals surface area contributed by atoms with Crippen LogP contribution in [0, 0.1) is 5.82 Å². The molecule has 0 aliphatic carbocycles. The van der Waals surface area contributed by atoms with Crippen LogP contribution in [-0.4, -0.2) is 11.1 Å². The molecule has 0 radical (unpaired) electrons. The molecule has 1 N–H and O–H groups in total. The van der Waals surface area contributed by atoms with Crippen molar-refractivity contribution in [1.82, 2.24) is 0 Å². The minimum atomic E-state index is -1.35. The largest absolute Gasteiger partial charge is 0.487 e. The van der Waals surface area contributed by atoms with E-state index in [1.54, 1.807) is 0 Å². The number of carboxylic acid groups (broad SMARTS) is 1. The van der Waals surface area contributed by atoms with Gasteiger partial charge in [0.25, 0.3) is 0 Å². The van der Waals surface area contributed by atoms with Crippen LogP contribution in [0.1, 0.15) is 15.9 Å². The number of hydrogen-bond donors (Lipinski definition) is 1. The molecule has 21 heavy (non-hydrogen) atoms. The second-order valence-corrected chi connectivity index (χ2v) is 5.33. The second kappa shape index (κ2) is 6.52. The third-order valence-corrected chi connectivity index (χ3v) is 3.65. The van der Waals surface area contributed by atoms with Crippen molar-refractivity contribution < 1.29 is 19.0 Å². The van der Waals surface area contributed by atoms with Crippen molar-refractivity contribution in [3.05, 3.63) is 62.3 Å². The van der Waals surface area contributed by atoms with Crippen LogP contribution in [0.4, 0.5) is 4.39 Å². The topological polar surface area (TPSA) is 46.5 Å². The number of hydrogen-bond acceptors (Lipinski definition) is 2. The third-order valence-electron chi connectivity index (χ3n) is 2.63. The molecule has 0 saturated carbocycles. The minimum Gasteiger partial charge on any atom is -0.487 e. The summed E-state index contributed by atoms with van der Waals surface area (Å²) in [5.74, 6) is -1.85. The summed E-state index contributed by atoms with van der Waals surface area (Å²) in [6.07, 6.45) is 0. The quantitative estimate of drug-likeness (QED) is 0.785. The van der Waals surface area contributed by atoms with Crippen LogP contribution in [0.5, 0.6) is 5.75 Å². The van der Waals surface area contributed by atoms with Crippen molar-refractivity contribution >= 4 is 40.8 Å². The Morgan fingerprint density at radius 2 is 1.76 bits per heavy atom. The van der Waals surface area contributed by atoms with Crippen LogP contribution in [0.25, 0.3) is 0 Å². The summed E-state index contributed by atoms with van der Waals surface area (Å²) in [6.45, 7) is 0.0121. The molecule has 0 unspecified atom stereocenters. The summed E-state index contributed by atoms with van der Waals surface area (Å²) < 4.78 is 18.7. The molecule has 0 spiro atoms. The first-order valence-corrected chi connectivity index (χ1v) is 6.81. The lowest BCUT2D eigenvalue weighted by Crippen LogP contribution is -2.03. The van der Waals surface area contributed by atoms with E-state index in [0.29, 0.717) is 16.3 Å². The number of carboxylic acids is 1. The van der Waals surface area contributed by atoms with E-state index in [9.17, 15) is 9.18 Å². The summed E-state index contributed by atoms with van der Waals surface area (Å²) >= 11 is 17.6. The van der Waals surface area contributed by atoms with Crippen molar-refractivity contribution in [2.24, 2.45) is 0 Å². The first kappa shape index (κ1) is 15.9. The Kier molecular flexibility index (Phi) is 4.93. The Labute approximate surface area is 134 Å².